The molecule has 43 heavy (non-hydrogen) atoms. The fourth-order valence-electron chi connectivity index (χ4n) is 6.75. The number of furan rings is 1. The molecule has 8 aromatic carbocycles. The van der Waals surface area contributed by atoms with Gasteiger partial charge in [-0.3, -0.25) is 0 Å². The van der Waals surface area contributed by atoms with E-state index in [0.717, 1.165) is 21.9 Å². The van der Waals surface area contributed by atoms with Gasteiger partial charge in [0.2, 0.25) is 0 Å². The predicted molar refractivity (Wildman–Crippen MR) is 183 cm³/mol. The van der Waals surface area contributed by atoms with Gasteiger partial charge in [-0.05, 0) is 102 Å². The van der Waals surface area contributed by atoms with Crippen LogP contribution in [0.25, 0.3) is 87.6 Å². The van der Waals surface area contributed by atoms with Crippen LogP contribution < -0.4 is 0 Å². The van der Waals surface area contributed by atoms with E-state index in [2.05, 4.69) is 146 Å². The summed E-state index contributed by atoms with van der Waals surface area (Å²) in [6, 6.07) is 56.9. The van der Waals surface area contributed by atoms with Crippen LogP contribution >= 0.6 is 0 Å². The van der Waals surface area contributed by atoms with Crippen molar-refractivity contribution in [2.24, 2.45) is 0 Å². The van der Waals surface area contributed by atoms with Crippen LogP contribution in [0.5, 0.6) is 0 Å². The second kappa shape index (κ2) is 9.44. The number of hydrogen-bond donors (Lipinski definition) is 0. The normalized spacial score (nSPS) is 11.7. The molecule has 0 aliphatic rings. The molecule has 0 fully saturated rings. The Morgan fingerprint density at radius 1 is 0.233 bits per heavy atom. The Labute approximate surface area is 249 Å². The van der Waals surface area contributed by atoms with Gasteiger partial charge in [-0.2, -0.15) is 0 Å². The molecule has 0 spiro atoms. The lowest BCUT2D eigenvalue weighted by Crippen LogP contribution is -1.86. The largest absolute Gasteiger partial charge is 0.456 e. The van der Waals surface area contributed by atoms with E-state index in [1.54, 1.807) is 0 Å². The monoisotopic (exact) mass is 546 g/mol. The molecule has 1 heterocycles. The van der Waals surface area contributed by atoms with E-state index in [1.165, 1.54) is 65.7 Å². The van der Waals surface area contributed by atoms with E-state index < -0.39 is 0 Å². The SMILES string of the molecule is c1cc(-c2cccc(-c3ccc4c5ccccc5c5ccccc5c4c3)c2)cc(-c2ccc3oc4ccccc4c3c2)c1. The first-order valence-electron chi connectivity index (χ1n) is 14.8. The van der Waals surface area contributed by atoms with Crippen molar-refractivity contribution >= 4 is 54.3 Å². The quantitative estimate of drug-likeness (QED) is 0.201. The third kappa shape index (κ3) is 3.86. The second-order valence-corrected chi connectivity index (χ2v) is 11.3. The van der Waals surface area contributed by atoms with Crippen LogP contribution in [0, 0.1) is 0 Å². The number of hydrogen-bond acceptors (Lipinski definition) is 1. The minimum Gasteiger partial charge on any atom is -0.456 e. The van der Waals surface area contributed by atoms with Gasteiger partial charge < -0.3 is 4.42 Å². The van der Waals surface area contributed by atoms with Crippen molar-refractivity contribution in [3.63, 3.8) is 0 Å². The summed E-state index contributed by atoms with van der Waals surface area (Å²) in [7, 11) is 0. The topological polar surface area (TPSA) is 13.1 Å². The number of rotatable bonds is 3. The molecule has 0 saturated heterocycles. The van der Waals surface area contributed by atoms with E-state index in [-0.39, 0.29) is 0 Å². The Hall–Kier alpha value is -5.66. The number of fused-ring (bicyclic) bond motifs is 9. The summed E-state index contributed by atoms with van der Waals surface area (Å²) >= 11 is 0. The lowest BCUT2D eigenvalue weighted by Gasteiger charge is -2.13. The van der Waals surface area contributed by atoms with Gasteiger partial charge in [-0.1, -0.05) is 121 Å². The molecule has 9 aromatic rings. The molecule has 0 unspecified atom stereocenters. The van der Waals surface area contributed by atoms with Gasteiger partial charge in [0.1, 0.15) is 11.2 Å². The van der Waals surface area contributed by atoms with Crippen LogP contribution in [-0.2, 0) is 0 Å². The van der Waals surface area contributed by atoms with E-state index in [1.807, 2.05) is 12.1 Å². The van der Waals surface area contributed by atoms with Crippen molar-refractivity contribution in [2.75, 3.05) is 0 Å². The highest BCUT2D eigenvalue weighted by Gasteiger charge is 2.11. The van der Waals surface area contributed by atoms with Crippen molar-refractivity contribution in [3.8, 4) is 33.4 Å². The summed E-state index contributed by atoms with van der Waals surface area (Å²) in [6.07, 6.45) is 0. The Balaban J connectivity index is 1.14. The van der Waals surface area contributed by atoms with Crippen LogP contribution in [-0.4, -0.2) is 0 Å². The van der Waals surface area contributed by atoms with Gasteiger partial charge in [0.15, 0.2) is 0 Å². The van der Waals surface area contributed by atoms with E-state index >= 15 is 0 Å². The smallest absolute Gasteiger partial charge is 0.135 e. The third-order valence-corrected chi connectivity index (χ3v) is 8.85. The first-order valence-corrected chi connectivity index (χ1v) is 14.8. The van der Waals surface area contributed by atoms with Crippen LogP contribution in [0.15, 0.2) is 162 Å². The summed E-state index contributed by atoms with van der Waals surface area (Å²) in [5, 5.41) is 10.1. The molecule has 1 aromatic heterocycles. The van der Waals surface area contributed by atoms with Crippen LogP contribution in [0.3, 0.4) is 0 Å². The van der Waals surface area contributed by atoms with Gasteiger partial charge in [0.05, 0.1) is 0 Å². The Kier molecular flexibility index (Phi) is 5.27. The lowest BCUT2D eigenvalue weighted by molar-refractivity contribution is 0.669. The summed E-state index contributed by atoms with van der Waals surface area (Å²) in [5.74, 6) is 0. The molecule has 200 valence electrons. The average molecular weight is 547 g/mol. The molecule has 0 amide bonds. The number of benzene rings is 8. The lowest BCUT2D eigenvalue weighted by atomic mass is 9.91. The zero-order valence-corrected chi connectivity index (χ0v) is 23.4. The standard InChI is InChI=1S/C42H26O/c1-2-15-35-33(13-1)34-14-3-4-16-36(34)39-25-31(19-21-37(35)39)29-11-7-9-27(23-29)28-10-8-12-30(24-28)32-20-22-42-40(26-32)38-17-5-6-18-41(38)43-42/h1-26H. The summed E-state index contributed by atoms with van der Waals surface area (Å²) in [5.41, 5.74) is 9.08. The van der Waals surface area contributed by atoms with Crippen molar-refractivity contribution in [1.82, 2.24) is 0 Å². The highest BCUT2D eigenvalue weighted by Crippen LogP contribution is 2.38. The van der Waals surface area contributed by atoms with Crippen molar-refractivity contribution in [2.45, 2.75) is 0 Å². The van der Waals surface area contributed by atoms with Gasteiger partial charge in [0, 0.05) is 10.8 Å². The Bertz CT molecular complexity index is 2480. The number of para-hydroxylation sites is 1. The highest BCUT2D eigenvalue weighted by molar-refractivity contribution is 6.25. The second-order valence-electron chi connectivity index (χ2n) is 11.3. The van der Waals surface area contributed by atoms with Gasteiger partial charge >= 0.3 is 0 Å². The first-order chi connectivity index (χ1) is 21.3. The van der Waals surface area contributed by atoms with Crippen molar-refractivity contribution in [3.05, 3.63) is 158 Å². The summed E-state index contributed by atoms with van der Waals surface area (Å²) in [6.45, 7) is 0. The molecule has 9 rings (SSSR count). The minimum absolute atomic E-state index is 0.921. The van der Waals surface area contributed by atoms with E-state index in [4.69, 9.17) is 4.42 Å². The molecule has 0 bridgehead atoms. The molecular weight excluding hydrogens is 520 g/mol. The molecular formula is C42H26O. The van der Waals surface area contributed by atoms with Gasteiger partial charge in [0.25, 0.3) is 0 Å². The van der Waals surface area contributed by atoms with Crippen LogP contribution in [0.1, 0.15) is 0 Å². The summed E-state index contributed by atoms with van der Waals surface area (Å²) in [4.78, 5) is 0. The van der Waals surface area contributed by atoms with Crippen molar-refractivity contribution < 1.29 is 4.42 Å². The Morgan fingerprint density at radius 2 is 0.628 bits per heavy atom. The van der Waals surface area contributed by atoms with Crippen molar-refractivity contribution in [1.29, 1.82) is 0 Å². The molecule has 0 saturated carbocycles. The molecule has 0 aliphatic carbocycles. The molecule has 1 heteroatoms. The maximum atomic E-state index is 6.06. The third-order valence-electron chi connectivity index (χ3n) is 8.85. The molecule has 0 N–H and O–H groups in total. The van der Waals surface area contributed by atoms with E-state index in [0.29, 0.717) is 0 Å². The Morgan fingerprint density at radius 3 is 1.21 bits per heavy atom. The fourth-order valence-corrected chi connectivity index (χ4v) is 6.75. The first kappa shape index (κ1) is 24.0. The maximum Gasteiger partial charge on any atom is 0.135 e. The zero-order chi connectivity index (χ0) is 28.3. The van der Waals surface area contributed by atoms with Crippen LogP contribution in [0.2, 0.25) is 0 Å². The fraction of sp³-hybridized carbons (Fsp3) is 0. The predicted octanol–water partition coefficient (Wildman–Crippen LogP) is 12.0. The summed E-state index contributed by atoms with van der Waals surface area (Å²) < 4.78 is 6.06. The van der Waals surface area contributed by atoms with Crippen LogP contribution in [0.4, 0.5) is 0 Å². The minimum atomic E-state index is 0.921. The highest BCUT2D eigenvalue weighted by atomic mass is 16.3. The molecule has 0 aliphatic heterocycles. The van der Waals surface area contributed by atoms with Gasteiger partial charge in [-0.25, -0.2) is 0 Å². The zero-order valence-electron chi connectivity index (χ0n) is 23.4. The molecule has 0 radical (unpaired) electrons. The van der Waals surface area contributed by atoms with Gasteiger partial charge in [-0.15, -0.1) is 0 Å². The maximum absolute atomic E-state index is 6.06. The average Bonchev–Trinajstić information content (AvgIpc) is 3.46. The van der Waals surface area contributed by atoms with E-state index in [9.17, 15) is 0 Å². The molecule has 1 nitrogen and oxygen atoms in total. The molecule has 0 atom stereocenters.